The molecule has 0 bridgehead atoms. The van der Waals surface area contributed by atoms with Crippen molar-refractivity contribution in [3.8, 4) is 0 Å². The average Bonchev–Trinajstić information content (AvgIpc) is 2.17. The number of hydrogen-bond donors (Lipinski definition) is 2. The number of hydrogen-bond acceptors (Lipinski definition) is 3. The van der Waals surface area contributed by atoms with Crippen LogP contribution in [0.15, 0.2) is 15.8 Å². The number of aromatic nitrogens is 2. The third-order valence-corrected chi connectivity index (χ3v) is 2.33. The summed E-state index contributed by atoms with van der Waals surface area (Å²) in [5.41, 5.74) is 5.05. The molecule has 1 heterocycles. The van der Waals surface area contributed by atoms with Gasteiger partial charge in [0.25, 0.3) is 5.56 Å². The van der Waals surface area contributed by atoms with Crippen LogP contribution in [0.2, 0.25) is 0 Å². The molecule has 0 saturated heterocycles. The van der Waals surface area contributed by atoms with E-state index in [1.807, 2.05) is 13.8 Å². The van der Waals surface area contributed by atoms with Gasteiger partial charge in [-0.2, -0.15) is 0 Å². The van der Waals surface area contributed by atoms with E-state index < -0.39 is 5.56 Å². The molecule has 3 N–H and O–H groups in total. The normalized spacial score (nSPS) is 12.8. The summed E-state index contributed by atoms with van der Waals surface area (Å²) in [5, 5.41) is 0. The van der Waals surface area contributed by atoms with Crippen LogP contribution in [0.5, 0.6) is 0 Å². The molecule has 0 radical (unpaired) electrons. The van der Waals surface area contributed by atoms with Gasteiger partial charge < -0.3 is 5.73 Å². The van der Waals surface area contributed by atoms with Crippen LogP contribution in [-0.4, -0.2) is 9.55 Å². The minimum Gasteiger partial charge on any atom is -0.326 e. The highest BCUT2D eigenvalue weighted by atomic mass is 16.2. The fourth-order valence-corrected chi connectivity index (χ4v) is 1.20. The second-order valence-electron chi connectivity index (χ2n) is 3.28. The maximum absolute atomic E-state index is 11.4. The molecule has 14 heavy (non-hydrogen) atoms. The number of aromatic amines is 1. The van der Waals surface area contributed by atoms with E-state index in [4.69, 9.17) is 5.73 Å². The van der Waals surface area contributed by atoms with Gasteiger partial charge in [-0.05, 0) is 13.3 Å². The number of nitrogens with one attached hydrogen (secondary N) is 1. The molecule has 0 aliphatic heterocycles. The summed E-state index contributed by atoms with van der Waals surface area (Å²) in [5.74, 6) is 0. The Kier molecular flexibility index (Phi) is 3.24. The van der Waals surface area contributed by atoms with E-state index >= 15 is 0 Å². The molecule has 1 aromatic rings. The molecule has 0 aromatic carbocycles. The molecule has 0 aliphatic carbocycles. The van der Waals surface area contributed by atoms with Crippen LogP contribution in [0.4, 0.5) is 0 Å². The Hall–Kier alpha value is -1.36. The summed E-state index contributed by atoms with van der Waals surface area (Å²) in [7, 11) is 0. The summed E-state index contributed by atoms with van der Waals surface area (Å²) in [6, 6.07) is 0.0737. The molecule has 5 nitrogen and oxygen atoms in total. The van der Waals surface area contributed by atoms with Crippen LogP contribution in [0.1, 0.15) is 31.9 Å². The van der Waals surface area contributed by atoms with E-state index in [0.717, 1.165) is 6.42 Å². The van der Waals surface area contributed by atoms with Crippen molar-refractivity contribution in [2.75, 3.05) is 0 Å². The van der Waals surface area contributed by atoms with Gasteiger partial charge in [-0.1, -0.05) is 6.92 Å². The number of nitrogens with zero attached hydrogens (tertiary/aromatic N) is 1. The van der Waals surface area contributed by atoms with E-state index in [1.165, 1.54) is 10.8 Å². The fraction of sp³-hybridized carbons (Fsp3) is 0.556. The lowest BCUT2D eigenvalue weighted by molar-refractivity contribution is 0.498. The van der Waals surface area contributed by atoms with Crippen LogP contribution < -0.4 is 17.0 Å². The van der Waals surface area contributed by atoms with Gasteiger partial charge in [-0.25, -0.2) is 4.79 Å². The lowest BCUT2D eigenvalue weighted by Gasteiger charge is -2.12. The summed E-state index contributed by atoms with van der Waals surface area (Å²) >= 11 is 0. The SMILES string of the molecule is CCC(C)n1cc(CN)c(=O)[nH]c1=O. The largest absolute Gasteiger partial charge is 0.328 e. The van der Waals surface area contributed by atoms with Gasteiger partial charge in [-0.15, -0.1) is 0 Å². The quantitative estimate of drug-likeness (QED) is 0.713. The average molecular weight is 197 g/mol. The molecular formula is C9H15N3O2. The highest BCUT2D eigenvalue weighted by Crippen LogP contribution is 2.05. The number of H-pyrrole nitrogens is 1. The Balaban J connectivity index is 3.31. The van der Waals surface area contributed by atoms with Crippen molar-refractivity contribution in [1.82, 2.24) is 9.55 Å². The first kappa shape index (κ1) is 10.7. The van der Waals surface area contributed by atoms with Crippen LogP contribution in [0, 0.1) is 0 Å². The van der Waals surface area contributed by atoms with Crippen molar-refractivity contribution >= 4 is 0 Å². The first-order valence-electron chi connectivity index (χ1n) is 4.64. The zero-order valence-corrected chi connectivity index (χ0v) is 8.41. The Morgan fingerprint density at radius 1 is 1.57 bits per heavy atom. The van der Waals surface area contributed by atoms with Gasteiger partial charge >= 0.3 is 5.69 Å². The topological polar surface area (TPSA) is 80.9 Å². The van der Waals surface area contributed by atoms with Crippen molar-refractivity contribution in [1.29, 1.82) is 0 Å². The van der Waals surface area contributed by atoms with Crippen LogP contribution in [0.3, 0.4) is 0 Å². The third kappa shape index (κ3) is 1.93. The van der Waals surface area contributed by atoms with Gasteiger partial charge in [0.1, 0.15) is 0 Å². The number of rotatable bonds is 3. The second kappa shape index (κ2) is 4.23. The Bertz CT molecular complexity index is 419. The predicted molar refractivity (Wildman–Crippen MR) is 54.2 cm³/mol. The maximum atomic E-state index is 11.4. The van der Waals surface area contributed by atoms with Crippen molar-refractivity contribution < 1.29 is 0 Å². The third-order valence-electron chi connectivity index (χ3n) is 2.33. The summed E-state index contributed by atoms with van der Waals surface area (Å²) < 4.78 is 1.50. The first-order valence-corrected chi connectivity index (χ1v) is 4.64. The van der Waals surface area contributed by atoms with Gasteiger partial charge in [0, 0.05) is 24.3 Å². The highest BCUT2D eigenvalue weighted by Gasteiger charge is 2.07. The molecule has 0 aliphatic rings. The van der Waals surface area contributed by atoms with Gasteiger partial charge in [0.2, 0.25) is 0 Å². The van der Waals surface area contributed by atoms with E-state index in [2.05, 4.69) is 4.98 Å². The van der Waals surface area contributed by atoms with Gasteiger partial charge in [-0.3, -0.25) is 14.3 Å². The molecule has 1 unspecified atom stereocenters. The van der Waals surface area contributed by atoms with Crippen LogP contribution in [-0.2, 0) is 6.54 Å². The maximum Gasteiger partial charge on any atom is 0.328 e. The fourth-order valence-electron chi connectivity index (χ4n) is 1.20. The highest BCUT2D eigenvalue weighted by molar-refractivity contribution is 5.04. The zero-order valence-electron chi connectivity index (χ0n) is 8.41. The van der Waals surface area contributed by atoms with Crippen LogP contribution in [0.25, 0.3) is 0 Å². The molecule has 1 rings (SSSR count). The van der Waals surface area contributed by atoms with E-state index in [0.29, 0.717) is 5.56 Å². The molecule has 0 saturated carbocycles. The Labute approximate surface area is 81.6 Å². The summed E-state index contributed by atoms with van der Waals surface area (Å²) in [6.07, 6.45) is 2.37. The van der Waals surface area contributed by atoms with Crippen molar-refractivity contribution in [2.45, 2.75) is 32.9 Å². The minimum atomic E-state index is -0.392. The van der Waals surface area contributed by atoms with E-state index in [-0.39, 0.29) is 18.3 Å². The standard InChI is InChI=1S/C9H15N3O2/c1-3-6(2)12-5-7(4-10)8(13)11-9(12)14/h5-6H,3-4,10H2,1-2H3,(H,11,13,14). The van der Waals surface area contributed by atoms with Gasteiger partial charge in [0.15, 0.2) is 0 Å². The molecule has 5 heteroatoms. The smallest absolute Gasteiger partial charge is 0.326 e. The monoisotopic (exact) mass is 197 g/mol. The molecular weight excluding hydrogens is 182 g/mol. The Morgan fingerprint density at radius 3 is 2.71 bits per heavy atom. The van der Waals surface area contributed by atoms with Gasteiger partial charge in [0.05, 0.1) is 0 Å². The lowest BCUT2D eigenvalue weighted by Crippen LogP contribution is -2.33. The summed E-state index contributed by atoms with van der Waals surface area (Å²) in [6.45, 7) is 4.04. The second-order valence-corrected chi connectivity index (χ2v) is 3.28. The number of nitrogens with two attached hydrogens (primary N) is 1. The molecule has 0 fully saturated rings. The molecule has 0 amide bonds. The zero-order chi connectivity index (χ0) is 10.7. The predicted octanol–water partition coefficient (Wildman–Crippen LogP) is -0.0337. The van der Waals surface area contributed by atoms with E-state index in [9.17, 15) is 9.59 Å². The van der Waals surface area contributed by atoms with Crippen molar-refractivity contribution in [3.05, 3.63) is 32.6 Å². The Morgan fingerprint density at radius 2 is 2.21 bits per heavy atom. The molecule has 1 atom stereocenters. The van der Waals surface area contributed by atoms with E-state index in [1.54, 1.807) is 0 Å². The summed E-state index contributed by atoms with van der Waals surface area (Å²) in [4.78, 5) is 24.8. The molecule has 1 aromatic heterocycles. The lowest BCUT2D eigenvalue weighted by atomic mass is 10.2. The van der Waals surface area contributed by atoms with Crippen molar-refractivity contribution in [3.63, 3.8) is 0 Å². The van der Waals surface area contributed by atoms with Crippen LogP contribution >= 0.6 is 0 Å². The van der Waals surface area contributed by atoms with Crippen molar-refractivity contribution in [2.24, 2.45) is 5.73 Å². The minimum absolute atomic E-state index is 0.0737. The molecule has 0 spiro atoms. The first-order chi connectivity index (χ1) is 6.60. The molecule has 78 valence electrons.